The lowest BCUT2D eigenvalue weighted by Crippen LogP contribution is -2.48. The Balaban J connectivity index is 1.85. The van der Waals surface area contributed by atoms with E-state index < -0.39 is 9.84 Å². The summed E-state index contributed by atoms with van der Waals surface area (Å²) in [6.45, 7) is 0. The lowest BCUT2D eigenvalue weighted by Gasteiger charge is -2.31. The van der Waals surface area contributed by atoms with Crippen LogP contribution in [0, 0.1) is 0 Å². The maximum absolute atomic E-state index is 11.5. The van der Waals surface area contributed by atoms with Crippen molar-refractivity contribution in [1.29, 1.82) is 0 Å². The SMILES string of the molecule is CN(C(=S)NC1CCCCC1)C1CCS(=O)(=O)C1. The summed E-state index contributed by atoms with van der Waals surface area (Å²) in [5.41, 5.74) is 0. The fourth-order valence-corrected chi connectivity index (χ4v) is 4.86. The molecule has 1 aliphatic carbocycles. The standard InChI is InChI=1S/C12H22N2O2S2/c1-14(11-7-8-18(15,16)9-11)12(17)13-10-5-3-2-4-6-10/h10-11H,2-9H2,1H3,(H,13,17). The van der Waals surface area contributed by atoms with Crippen LogP contribution in [0.5, 0.6) is 0 Å². The average molecular weight is 290 g/mol. The van der Waals surface area contributed by atoms with Gasteiger partial charge in [0.15, 0.2) is 14.9 Å². The van der Waals surface area contributed by atoms with E-state index in [9.17, 15) is 8.42 Å². The van der Waals surface area contributed by atoms with Crippen LogP contribution >= 0.6 is 12.2 Å². The molecular formula is C12H22N2O2S2. The molecule has 0 bridgehead atoms. The molecule has 0 aromatic carbocycles. The van der Waals surface area contributed by atoms with Gasteiger partial charge in [0.2, 0.25) is 0 Å². The van der Waals surface area contributed by atoms with Gasteiger partial charge in [-0.3, -0.25) is 0 Å². The molecule has 6 heteroatoms. The number of thiocarbonyl (C=S) groups is 1. The molecule has 1 heterocycles. The lowest BCUT2D eigenvalue weighted by atomic mass is 9.96. The monoisotopic (exact) mass is 290 g/mol. The van der Waals surface area contributed by atoms with Crippen molar-refractivity contribution >= 4 is 27.2 Å². The van der Waals surface area contributed by atoms with E-state index in [-0.39, 0.29) is 11.8 Å². The van der Waals surface area contributed by atoms with E-state index in [1.54, 1.807) is 0 Å². The van der Waals surface area contributed by atoms with Crippen LogP contribution in [0.2, 0.25) is 0 Å². The minimum atomic E-state index is -2.84. The Hall–Kier alpha value is -0.360. The lowest BCUT2D eigenvalue weighted by molar-refractivity contribution is 0.360. The molecule has 1 aliphatic heterocycles. The summed E-state index contributed by atoms with van der Waals surface area (Å²) in [7, 11) is -0.930. The zero-order chi connectivity index (χ0) is 13.2. The molecule has 1 saturated heterocycles. The maximum Gasteiger partial charge on any atom is 0.169 e. The maximum atomic E-state index is 11.5. The van der Waals surface area contributed by atoms with Crippen LogP contribution in [0.3, 0.4) is 0 Å². The predicted molar refractivity (Wildman–Crippen MR) is 77.4 cm³/mol. The summed E-state index contributed by atoms with van der Waals surface area (Å²) in [4.78, 5) is 1.94. The highest BCUT2D eigenvalue weighted by Crippen LogP contribution is 2.19. The van der Waals surface area contributed by atoms with Gasteiger partial charge in [0, 0.05) is 19.1 Å². The van der Waals surface area contributed by atoms with E-state index >= 15 is 0 Å². The highest BCUT2D eigenvalue weighted by molar-refractivity contribution is 7.91. The van der Waals surface area contributed by atoms with E-state index in [0.29, 0.717) is 23.3 Å². The molecular weight excluding hydrogens is 268 g/mol. The second-order valence-electron chi connectivity index (χ2n) is 5.45. The first kappa shape index (κ1) is 14.1. The molecule has 4 nitrogen and oxygen atoms in total. The summed E-state index contributed by atoms with van der Waals surface area (Å²) in [5, 5.41) is 4.10. The molecule has 1 atom stereocenters. The van der Waals surface area contributed by atoms with Gasteiger partial charge in [-0.1, -0.05) is 19.3 Å². The van der Waals surface area contributed by atoms with Crippen molar-refractivity contribution in [1.82, 2.24) is 10.2 Å². The van der Waals surface area contributed by atoms with Gasteiger partial charge < -0.3 is 10.2 Å². The van der Waals surface area contributed by atoms with E-state index in [0.717, 1.165) is 0 Å². The molecule has 1 saturated carbocycles. The Morgan fingerprint density at radius 3 is 2.44 bits per heavy atom. The van der Waals surface area contributed by atoms with Crippen LogP contribution in [0.25, 0.3) is 0 Å². The Bertz CT molecular complexity index is 402. The van der Waals surface area contributed by atoms with E-state index in [1.165, 1.54) is 32.1 Å². The van der Waals surface area contributed by atoms with Gasteiger partial charge in [-0.15, -0.1) is 0 Å². The van der Waals surface area contributed by atoms with Gasteiger partial charge in [0.05, 0.1) is 11.5 Å². The van der Waals surface area contributed by atoms with E-state index in [1.807, 2.05) is 11.9 Å². The summed E-state index contributed by atoms with van der Waals surface area (Å²) in [6, 6.07) is 0.533. The van der Waals surface area contributed by atoms with E-state index in [2.05, 4.69) is 5.32 Å². The molecule has 104 valence electrons. The largest absolute Gasteiger partial charge is 0.360 e. The highest BCUT2D eigenvalue weighted by Gasteiger charge is 2.32. The molecule has 0 aromatic rings. The molecule has 0 spiro atoms. The van der Waals surface area contributed by atoms with Crippen molar-refractivity contribution in [2.75, 3.05) is 18.6 Å². The van der Waals surface area contributed by atoms with E-state index in [4.69, 9.17) is 12.2 Å². The first-order valence-corrected chi connectivity index (χ1v) is 8.95. The van der Waals surface area contributed by atoms with Gasteiger partial charge >= 0.3 is 0 Å². The quantitative estimate of drug-likeness (QED) is 0.777. The Kier molecular flexibility index (Phi) is 4.48. The van der Waals surface area contributed by atoms with Crippen molar-refractivity contribution in [3.05, 3.63) is 0 Å². The number of hydrogen-bond donors (Lipinski definition) is 1. The topological polar surface area (TPSA) is 49.4 Å². The third-order valence-electron chi connectivity index (χ3n) is 4.01. The molecule has 18 heavy (non-hydrogen) atoms. The second-order valence-corrected chi connectivity index (χ2v) is 8.07. The average Bonchev–Trinajstić information content (AvgIpc) is 2.70. The molecule has 0 aromatic heterocycles. The van der Waals surface area contributed by atoms with Crippen LogP contribution in [0.15, 0.2) is 0 Å². The van der Waals surface area contributed by atoms with Crippen LogP contribution in [-0.4, -0.2) is 49.1 Å². The fourth-order valence-electron chi connectivity index (χ4n) is 2.77. The van der Waals surface area contributed by atoms with Crippen molar-refractivity contribution in [3.8, 4) is 0 Å². The van der Waals surface area contributed by atoms with Crippen LogP contribution in [0.1, 0.15) is 38.5 Å². The number of nitrogens with one attached hydrogen (secondary N) is 1. The number of rotatable bonds is 2. The Morgan fingerprint density at radius 1 is 1.22 bits per heavy atom. The highest BCUT2D eigenvalue weighted by atomic mass is 32.2. The normalized spacial score (nSPS) is 27.9. The Morgan fingerprint density at radius 2 is 1.89 bits per heavy atom. The van der Waals surface area contributed by atoms with Crippen molar-refractivity contribution in [2.24, 2.45) is 0 Å². The molecule has 1 N–H and O–H groups in total. The molecule has 0 radical (unpaired) electrons. The first-order valence-electron chi connectivity index (χ1n) is 6.72. The van der Waals surface area contributed by atoms with Crippen LogP contribution < -0.4 is 5.32 Å². The molecule has 1 unspecified atom stereocenters. The summed E-state index contributed by atoms with van der Waals surface area (Å²) in [6.07, 6.45) is 6.91. The Labute approximate surface area is 115 Å². The summed E-state index contributed by atoms with van der Waals surface area (Å²) in [5.74, 6) is 0.546. The predicted octanol–water partition coefficient (Wildman–Crippen LogP) is 1.31. The minimum Gasteiger partial charge on any atom is -0.360 e. The van der Waals surface area contributed by atoms with Gasteiger partial charge in [-0.2, -0.15) is 0 Å². The minimum absolute atomic E-state index is 0.0543. The first-order chi connectivity index (χ1) is 8.48. The van der Waals surface area contributed by atoms with Gasteiger partial charge in [-0.25, -0.2) is 8.42 Å². The third kappa shape index (κ3) is 3.57. The smallest absolute Gasteiger partial charge is 0.169 e. The zero-order valence-corrected chi connectivity index (χ0v) is 12.5. The molecule has 2 fully saturated rings. The van der Waals surface area contributed by atoms with Gasteiger partial charge in [0.1, 0.15) is 0 Å². The zero-order valence-electron chi connectivity index (χ0n) is 10.9. The molecule has 2 rings (SSSR count). The van der Waals surface area contributed by atoms with Crippen LogP contribution in [0.4, 0.5) is 0 Å². The van der Waals surface area contributed by atoms with Crippen molar-refractivity contribution < 1.29 is 8.42 Å². The summed E-state index contributed by atoms with van der Waals surface area (Å²) >= 11 is 5.39. The fraction of sp³-hybridized carbons (Fsp3) is 0.917. The van der Waals surface area contributed by atoms with Gasteiger partial charge in [0.25, 0.3) is 0 Å². The molecule has 2 aliphatic rings. The van der Waals surface area contributed by atoms with Gasteiger partial charge in [-0.05, 0) is 31.5 Å². The number of nitrogens with zero attached hydrogens (tertiary/aromatic N) is 1. The number of sulfone groups is 1. The van der Waals surface area contributed by atoms with Crippen molar-refractivity contribution in [2.45, 2.75) is 50.6 Å². The second kappa shape index (κ2) is 5.74. The third-order valence-corrected chi connectivity index (χ3v) is 6.17. The summed E-state index contributed by atoms with van der Waals surface area (Å²) < 4.78 is 22.9. The molecule has 0 amide bonds. The number of hydrogen-bond acceptors (Lipinski definition) is 3. The van der Waals surface area contributed by atoms with Crippen molar-refractivity contribution in [3.63, 3.8) is 0 Å². The van der Waals surface area contributed by atoms with Crippen LogP contribution in [-0.2, 0) is 9.84 Å².